The Bertz CT molecular complexity index is 669. The molecule has 0 fully saturated rings. The van der Waals surface area contributed by atoms with E-state index in [1.165, 1.54) is 5.56 Å². The van der Waals surface area contributed by atoms with Gasteiger partial charge >= 0.3 is 0 Å². The number of anilines is 1. The molecular formula is C20H29N3O2. The van der Waals surface area contributed by atoms with E-state index in [1.807, 2.05) is 64.1 Å². The monoisotopic (exact) mass is 343 g/mol. The Kier molecular flexibility index (Phi) is 8.67. The molecule has 2 aromatic carbocycles. The first kappa shape index (κ1) is 20.7. The number of ether oxygens (including phenoxy) is 1. The molecule has 0 radical (unpaired) electrons. The van der Waals surface area contributed by atoms with E-state index < -0.39 is 0 Å². The molecule has 0 bridgehead atoms. The SMILES string of the molecule is CC.COCC(C)NC(=O)c1cc(NN)cc(-c2ccc(C)cc2)c1. The lowest BCUT2D eigenvalue weighted by Gasteiger charge is -2.14. The van der Waals surface area contributed by atoms with Crippen LogP contribution in [-0.2, 0) is 4.74 Å². The van der Waals surface area contributed by atoms with Crippen molar-refractivity contribution < 1.29 is 9.53 Å². The average molecular weight is 343 g/mol. The Labute approximate surface area is 150 Å². The molecule has 0 aromatic heterocycles. The van der Waals surface area contributed by atoms with Gasteiger partial charge < -0.3 is 15.5 Å². The highest BCUT2D eigenvalue weighted by Gasteiger charge is 2.12. The normalized spacial score (nSPS) is 11.1. The van der Waals surface area contributed by atoms with E-state index in [0.29, 0.717) is 17.9 Å². The van der Waals surface area contributed by atoms with Crippen molar-refractivity contribution >= 4 is 11.6 Å². The number of hydrogen-bond acceptors (Lipinski definition) is 4. The first-order valence-electron chi connectivity index (χ1n) is 8.52. The van der Waals surface area contributed by atoms with Gasteiger partial charge in [-0.25, -0.2) is 0 Å². The van der Waals surface area contributed by atoms with Crippen molar-refractivity contribution in [1.82, 2.24) is 5.32 Å². The predicted molar refractivity (Wildman–Crippen MR) is 105 cm³/mol. The molecule has 4 N–H and O–H groups in total. The molecule has 25 heavy (non-hydrogen) atoms. The van der Waals surface area contributed by atoms with Gasteiger partial charge in [-0.3, -0.25) is 10.6 Å². The summed E-state index contributed by atoms with van der Waals surface area (Å²) in [5.41, 5.74) is 7.02. The first-order chi connectivity index (χ1) is 12.0. The minimum Gasteiger partial charge on any atom is -0.383 e. The van der Waals surface area contributed by atoms with Crippen molar-refractivity contribution in [2.45, 2.75) is 33.7 Å². The van der Waals surface area contributed by atoms with Crippen LogP contribution in [0.4, 0.5) is 5.69 Å². The molecule has 0 spiro atoms. The number of nitrogens with two attached hydrogens (primary N) is 1. The van der Waals surface area contributed by atoms with E-state index >= 15 is 0 Å². The third-order valence-corrected chi connectivity index (χ3v) is 3.54. The Morgan fingerprint density at radius 1 is 1.12 bits per heavy atom. The maximum absolute atomic E-state index is 12.4. The van der Waals surface area contributed by atoms with Gasteiger partial charge in [0.25, 0.3) is 5.91 Å². The van der Waals surface area contributed by atoms with Gasteiger partial charge in [0.1, 0.15) is 0 Å². The van der Waals surface area contributed by atoms with Crippen LogP contribution < -0.4 is 16.6 Å². The van der Waals surface area contributed by atoms with Gasteiger partial charge in [-0.05, 0) is 43.2 Å². The third-order valence-electron chi connectivity index (χ3n) is 3.54. The third kappa shape index (κ3) is 6.21. The highest BCUT2D eigenvalue weighted by molar-refractivity contribution is 5.97. The Morgan fingerprint density at radius 2 is 1.76 bits per heavy atom. The molecule has 0 aliphatic heterocycles. The quantitative estimate of drug-likeness (QED) is 0.552. The van der Waals surface area contributed by atoms with Crippen LogP contribution in [0.5, 0.6) is 0 Å². The number of aryl methyl sites for hydroxylation is 1. The van der Waals surface area contributed by atoms with Crippen molar-refractivity contribution in [3.63, 3.8) is 0 Å². The minimum atomic E-state index is -0.153. The van der Waals surface area contributed by atoms with Gasteiger partial charge in [0, 0.05) is 24.4 Å². The number of methoxy groups -OCH3 is 1. The topological polar surface area (TPSA) is 76.4 Å². The van der Waals surface area contributed by atoms with Crippen LogP contribution in [0.25, 0.3) is 11.1 Å². The van der Waals surface area contributed by atoms with Crippen molar-refractivity contribution in [2.75, 3.05) is 19.1 Å². The molecule has 0 aliphatic rings. The number of hydrogen-bond donors (Lipinski definition) is 3. The van der Waals surface area contributed by atoms with Crippen molar-refractivity contribution in [1.29, 1.82) is 0 Å². The molecule has 5 heteroatoms. The molecule has 5 nitrogen and oxygen atoms in total. The summed E-state index contributed by atoms with van der Waals surface area (Å²) in [7, 11) is 1.61. The van der Waals surface area contributed by atoms with E-state index in [4.69, 9.17) is 10.6 Å². The molecular weight excluding hydrogens is 314 g/mol. The van der Waals surface area contributed by atoms with Gasteiger partial charge in [-0.15, -0.1) is 0 Å². The molecule has 136 valence electrons. The molecule has 2 aromatic rings. The van der Waals surface area contributed by atoms with Gasteiger partial charge in [0.05, 0.1) is 6.61 Å². The highest BCUT2D eigenvalue weighted by atomic mass is 16.5. The fraction of sp³-hybridized carbons (Fsp3) is 0.350. The summed E-state index contributed by atoms with van der Waals surface area (Å²) in [5, 5.41) is 2.90. The van der Waals surface area contributed by atoms with Crippen molar-refractivity contribution in [3.8, 4) is 11.1 Å². The minimum absolute atomic E-state index is 0.0650. The summed E-state index contributed by atoms with van der Waals surface area (Å²) in [6, 6.07) is 13.6. The molecule has 0 aliphatic carbocycles. The van der Waals surface area contributed by atoms with Crippen LogP contribution in [0.1, 0.15) is 36.7 Å². The molecule has 1 unspecified atom stereocenters. The average Bonchev–Trinajstić information content (AvgIpc) is 2.63. The zero-order valence-corrected chi connectivity index (χ0v) is 15.7. The number of nitrogens with one attached hydrogen (secondary N) is 2. The number of amides is 1. The Morgan fingerprint density at radius 3 is 2.32 bits per heavy atom. The molecule has 0 saturated heterocycles. The van der Waals surface area contributed by atoms with Crippen LogP contribution in [0.3, 0.4) is 0 Å². The molecule has 0 saturated carbocycles. The highest BCUT2D eigenvalue weighted by Crippen LogP contribution is 2.25. The fourth-order valence-corrected chi connectivity index (χ4v) is 2.35. The summed E-state index contributed by atoms with van der Waals surface area (Å²) in [6.07, 6.45) is 0. The molecule has 2 rings (SSSR count). The first-order valence-corrected chi connectivity index (χ1v) is 8.52. The molecule has 1 amide bonds. The van der Waals surface area contributed by atoms with Gasteiger partial charge in [0.15, 0.2) is 0 Å². The van der Waals surface area contributed by atoms with E-state index in [-0.39, 0.29) is 11.9 Å². The van der Waals surface area contributed by atoms with Crippen LogP contribution in [0.15, 0.2) is 42.5 Å². The lowest BCUT2D eigenvalue weighted by molar-refractivity contribution is 0.0905. The maximum Gasteiger partial charge on any atom is 0.251 e. The molecule has 1 atom stereocenters. The molecule has 0 heterocycles. The zero-order chi connectivity index (χ0) is 18.8. The van der Waals surface area contributed by atoms with Gasteiger partial charge in [0.2, 0.25) is 0 Å². The second-order valence-corrected chi connectivity index (χ2v) is 5.64. The predicted octanol–water partition coefficient (Wildman–Crippen LogP) is 3.74. The number of benzene rings is 2. The lowest BCUT2D eigenvalue weighted by Crippen LogP contribution is -2.35. The fourth-order valence-electron chi connectivity index (χ4n) is 2.35. The maximum atomic E-state index is 12.4. The van der Waals surface area contributed by atoms with Crippen LogP contribution in [-0.4, -0.2) is 25.7 Å². The summed E-state index contributed by atoms with van der Waals surface area (Å²) in [4.78, 5) is 12.4. The lowest BCUT2D eigenvalue weighted by atomic mass is 10.0. The van der Waals surface area contributed by atoms with Gasteiger partial charge in [-0.2, -0.15) is 0 Å². The smallest absolute Gasteiger partial charge is 0.251 e. The zero-order valence-electron chi connectivity index (χ0n) is 15.7. The Hall–Kier alpha value is -2.37. The largest absolute Gasteiger partial charge is 0.383 e. The number of rotatable bonds is 6. The second kappa shape index (κ2) is 10.5. The van der Waals surface area contributed by atoms with Crippen LogP contribution >= 0.6 is 0 Å². The summed E-state index contributed by atoms with van der Waals surface area (Å²) < 4.78 is 5.04. The Balaban J connectivity index is 0.00000151. The summed E-state index contributed by atoms with van der Waals surface area (Å²) >= 11 is 0. The van der Waals surface area contributed by atoms with Gasteiger partial charge in [-0.1, -0.05) is 43.7 Å². The van der Waals surface area contributed by atoms with Crippen LogP contribution in [0.2, 0.25) is 0 Å². The standard InChI is InChI=1S/C18H23N3O2.C2H6/c1-12-4-6-14(7-5-12)15-8-16(10-17(9-15)21-19)18(22)20-13(2)11-23-3;1-2/h4-10,13,21H,11,19H2,1-3H3,(H,20,22);1-2H3. The van der Waals surface area contributed by atoms with E-state index in [1.54, 1.807) is 13.2 Å². The summed E-state index contributed by atoms with van der Waals surface area (Å²) in [6.45, 7) is 8.40. The van der Waals surface area contributed by atoms with Crippen LogP contribution in [0, 0.1) is 6.92 Å². The van der Waals surface area contributed by atoms with Crippen molar-refractivity contribution in [3.05, 3.63) is 53.6 Å². The van der Waals surface area contributed by atoms with E-state index in [0.717, 1.165) is 11.1 Å². The number of nitrogen functional groups attached to an aromatic ring is 1. The number of carbonyl (C=O) groups is 1. The number of carbonyl (C=O) groups excluding carboxylic acids is 1. The number of hydrazine groups is 1. The van der Waals surface area contributed by atoms with Crippen molar-refractivity contribution in [2.24, 2.45) is 5.84 Å². The second-order valence-electron chi connectivity index (χ2n) is 5.64. The summed E-state index contributed by atoms with van der Waals surface area (Å²) in [5.74, 6) is 5.38. The van der Waals surface area contributed by atoms with E-state index in [2.05, 4.69) is 10.7 Å². The van der Waals surface area contributed by atoms with E-state index in [9.17, 15) is 4.79 Å².